The minimum Gasteiger partial charge on any atom is -0.425 e. The van der Waals surface area contributed by atoms with E-state index in [-0.39, 0.29) is 22.5 Å². The molecule has 1 aliphatic heterocycles. The Morgan fingerprint density at radius 1 is 1.40 bits per heavy atom. The highest BCUT2D eigenvalue weighted by molar-refractivity contribution is 5.67. The minimum absolute atomic E-state index is 0.169. The van der Waals surface area contributed by atoms with E-state index in [1.807, 2.05) is 0 Å². The summed E-state index contributed by atoms with van der Waals surface area (Å²) in [6.45, 7) is -0.488. The van der Waals surface area contributed by atoms with Crippen LogP contribution in [-0.4, -0.2) is 65.1 Å². The summed E-state index contributed by atoms with van der Waals surface area (Å²) in [5, 5.41) is 46.3. The molecule has 10 nitrogen and oxygen atoms in total. The van der Waals surface area contributed by atoms with Gasteiger partial charge in [0.2, 0.25) is 0 Å². The van der Waals surface area contributed by atoms with Crippen molar-refractivity contribution in [3.63, 3.8) is 0 Å². The normalized spacial score (nSPS) is 30.1. The third-order valence-electron chi connectivity index (χ3n) is 3.30. The van der Waals surface area contributed by atoms with Crippen molar-refractivity contribution in [3.05, 3.63) is 17.6 Å². The van der Waals surface area contributed by atoms with E-state index in [2.05, 4.69) is 15.0 Å². The summed E-state index contributed by atoms with van der Waals surface area (Å²) in [6.07, 6.45) is -3.53. The van der Waals surface area contributed by atoms with Gasteiger partial charge in [-0.05, 0) is 0 Å². The van der Waals surface area contributed by atoms with Gasteiger partial charge in [0.15, 0.2) is 17.0 Å². The Balaban J connectivity index is 2.11. The number of hydrogen-bond acceptors (Lipinski definition) is 8. The van der Waals surface area contributed by atoms with Crippen LogP contribution in [0.2, 0.25) is 0 Å². The lowest BCUT2D eigenvalue weighted by atomic mass is 10.1. The van der Waals surface area contributed by atoms with Gasteiger partial charge in [0.05, 0.1) is 12.9 Å². The van der Waals surface area contributed by atoms with E-state index in [0.717, 1.165) is 0 Å². The number of hydrogen-bond donors (Lipinski definition) is 6. The van der Waals surface area contributed by atoms with Crippen molar-refractivity contribution in [3.8, 4) is 0 Å². The number of imidazole rings is 1. The predicted molar refractivity (Wildman–Crippen MR) is 61.6 cm³/mol. The number of fused-ring (bicyclic) bond motifs is 1. The van der Waals surface area contributed by atoms with Gasteiger partial charge in [-0.1, -0.05) is 0 Å². The first-order chi connectivity index (χ1) is 9.54. The Kier molecular flexibility index (Phi) is 2.94. The molecule has 0 saturated carbocycles. The van der Waals surface area contributed by atoms with Crippen LogP contribution in [0, 0.1) is 5.41 Å². The Hall–Kier alpha value is -2.01. The van der Waals surface area contributed by atoms with Crippen LogP contribution in [0.15, 0.2) is 6.33 Å². The number of aromatic nitrogens is 4. The van der Waals surface area contributed by atoms with Crippen molar-refractivity contribution < 1.29 is 25.3 Å². The van der Waals surface area contributed by atoms with E-state index in [0.29, 0.717) is 4.73 Å². The number of aliphatic hydroxyl groups is 3. The first-order valence-electron chi connectivity index (χ1n) is 5.87. The highest BCUT2D eigenvalue weighted by Gasteiger charge is 2.45. The van der Waals surface area contributed by atoms with Crippen LogP contribution >= 0.6 is 0 Å². The molecule has 0 amide bonds. The van der Waals surface area contributed by atoms with Crippen LogP contribution in [-0.2, 0) is 4.74 Å². The van der Waals surface area contributed by atoms with Crippen LogP contribution in [0.3, 0.4) is 0 Å². The molecule has 0 aromatic carbocycles. The molecular formula is C10H13N5O5. The molecule has 2 aromatic heterocycles. The number of H-pyrrole nitrogens is 1. The summed E-state index contributed by atoms with van der Waals surface area (Å²) in [5.74, 6) is -0.169. The quantitative estimate of drug-likeness (QED) is 0.336. The van der Waals surface area contributed by atoms with Crippen LogP contribution in [0.5, 0.6) is 0 Å². The topological polar surface area (TPSA) is 160 Å². The molecule has 2 aromatic rings. The van der Waals surface area contributed by atoms with Crippen molar-refractivity contribution in [2.75, 3.05) is 6.61 Å². The fraction of sp³-hybridized carbons (Fsp3) is 0.500. The Morgan fingerprint density at radius 2 is 2.15 bits per heavy atom. The van der Waals surface area contributed by atoms with E-state index < -0.39 is 31.0 Å². The molecule has 0 bridgehead atoms. The number of nitrogens with zero attached hydrogens (tertiary/aromatic N) is 3. The highest BCUT2D eigenvalue weighted by Crippen LogP contribution is 2.32. The molecule has 6 N–H and O–H groups in total. The van der Waals surface area contributed by atoms with Crippen molar-refractivity contribution in [2.45, 2.75) is 24.4 Å². The molecule has 1 aliphatic rings. The highest BCUT2D eigenvalue weighted by atomic mass is 16.6. The summed E-state index contributed by atoms with van der Waals surface area (Å²) in [7, 11) is 0. The van der Waals surface area contributed by atoms with Crippen molar-refractivity contribution in [1.29, 1.82) is 5.41 Å². The monoisotopic (exact) mass is 283 g/mol. The van der Waals surface area contributed by atoms with Gasteiger partial charge in [0.25, 0.3) is 0 Å². The third kappa shape index (κ3) is 1.70. The zero-order valence-corrected chi connectivity index (χ0v) is 10.1. The lowest BCUT2D eigenvalue weighted by molar-refractivity contribution is -0.0330. The second-order valence-corrected chi connectivity index (χ2v) is 4.49. The average molecular weight is 283 g/mol. The molecule has 10 heteroatoms. The van der Waals surface area contributed by atoms with Gasteiger partial charge < -0.3 is 30.2 Å². The standard InChI is InChI=1S/C10H13N5O5/c11-8-4-9(13-2-12-4)14-10(15(8)19)7-6(18)5(17)3(1-16)20-7/h2-3,5-7,11,16-19H,1H2,(H,12,13)/t3-,5-,6+,7?/m1/s1. The zero-order chi connectivity index (χ0) is 14.4. The fourth-order valence-corrected chi connectivity index (χ4v) is 2.22. The smallest absolute Gasteiger partial charge is 0.190 e. The molecule has 20 heavy (non-hydrogen) atoms. The fourth-order valence-electron chi connectivity index (χ4n) is 2.22. The summed E-state index contributed by atoms with van der Waals surface area (Å²) in [5.41, 5.74) is 0.0938. The number of aliphatic hydroxyl groups excluding tert-OH is 3. The summed E-state index contributed by atoms with van der Waals surface area (Å²) < 4.78 is 5.71. The predicted octanol–water partition coefficient (Wildman–Crippen LogP) is -2.37. The summed E-state index contributed by atoms with van der Waals surface area (Å²) >= 11 is 0. The van der Waals surface area contributed by atoms with E-state index in [4.69, 9.17) is 15.3 Å². The maximum absolute atomic E-state index is 9.92. The first kappa shape index (κ1) is 13.0. The Morgan fingerprint density at radius 3 is 2.80 bits per heavy atom. The Bertz CT molecular complexity index is 697. The molecule has 108 valence electrons. The van der Waals surface area contributed by atoms with Gasteiger partial charge in [0, 0.05) is 0 Å². The van der Waals surface area contributed by atoms with Gasteiger partial charge >= 0.3 is 0 Å². The summed E-state index contributed by atoms with van der Waals surface area (Å²) in [4.78, 5) is 10.5. The largest absolute Gasteiger partial charge is 0.425 e. The second kappa shape index (κ2) is 4.52. The third-order valence-corrected chi connectivity index (χ3v) is 3.30. The lowest BCUT2D eigenvalue weighted by Crippen LogP contribution is -2.33. The maximum atomic E-state index is 9.92. The molecule has 1 saturated heterocycles. The zero-order valence-electron chi connectivity index (χ0n) is 10.1. The van der Waals surface area contributed by atoms with Crippen LogP contribution in [0.1, 0.15) is 11.9 Å². The minimum atomic E-state index is -1.38. The van der Waals surface area contributed by atoms with E-state index >= 15 is 0 Å². The molecule has 3 heterocycles. The van der Waals surface area contributed by atoms with Crippen LogP contribution in [0.25, 0.3) is 11.2 Å². The van der Waals surface area contributed by atoms with Gasteiger partial charge in [-0.15, -0.1) is 4.73 Å². The molecular weight excluding hydrogens is 270 g/mol. The average Bonchev–Trinajstić information content (AvgIpc) is 3.01. The van der Waals surface area contributed by atoms with Gasteiger partial charge in [-0.25, -0.2) is 9.97 Å². The van der Waals surface area contributed by atoms with E-state index in [9.17, 15) is 15.4 Å². The number of ether oxygens (including phenoxy) is 1. The Labute approximate surface area is 111 Å². The van der Waals surface area contributed by atoms with Crippen molar-refractivity contribution in [1.82, 2.24) is 19.7 Å². The van der Waals surface area contributed by atoms with Gasteiger partial charge in [-0.2, -0.15) is 0 Å². The van der Waals surface area contributed by atoms with Gasteiger partial charge in [0.1, 0.15) is 29.9 Å². The molecule has 3 rings (SSSR count). The van der Waals surface area contributed by atoms with Gasteiger partial charge in [-0.3, -0.25) is 5.41 Å². The maximum Gasteiger partial charge on any atom is 0.190 e. The van der Waals surface area contributed by atoms with E-state index in [1.165, 1.54) is 6.33 Å². The second-order valence-electron chi connectivity index (χ2n) is 4.49. The van der Waals surface area contributed by atoms with E-state index in [1.54, 1.807) is 0 Å². The molecule has 1 unspecified atom stereocenters. The molecule has 0 aliphatic carbocycles. The molecule has 4 atom stereocenters. The summed E-state index contributed by atoms with van der Waals surface area (Å²) in [6, 6.07) is 0. The number of aromatic amines is 1. The van der Waals surface area contributed by atoms with Crippen LogP contribution < -0.4 is 5.49 Å². The van der Waals surface area contributed by atoms with Crippen molar-refractivity contribution >= 4 is 11.2 Å². The first-order valence-corrected chi connectivity index (χ1v) is 5.87. The SMILES string of the molecule is N=c1c2[nH]cnc2nc(C2O[C@H](CO)[C@@H](O)[C@@H]2O)n1O. The number of nitrogens with one attached hydrogen (secondary N) is 2. The molecule has 1 fully saturated rings. The molecule has 0 spiro atoms. The lowest BCUT2D eigenvalue weighted by Gasteiger charge is -2.16. The number of rotatable bonds is 2. The molecule has 0 radical (unpaired) electrons. The van der Waals surface area contributed by atoms with Crippen LogP contribution in [0.4, 0.5) is 0 Å². The van der Waals surface area contributed by atoms with Crippen molar-refractivity contribution in [2.24, 2.45) is 0 Å².